The molecule has 0 aromatic heterocycles. The number of unbranched alkanes of at least 4 members (excludes halogenated alkanes) is 17. The number of allylic oxidation sites excluding steroid dienone is 14. The van der Waals surface area contributed by atoms with Crippen LogP contribution in [0.1, 0.15) is 220 Å². The maximum Gasteiger partial charge on any atom is 0.306 e. The molecule has 0 saturated carbocycles. The van der Waals surface area contributed by atoms with Crippen LogP contribution in [0.15, 0.2) is 85.1 Å². The minimum absolute atomic E-state index is 0.0226. The first kappa shape index (κ1) is 57.0. The van der Waals surface area contributed by atoms with E-state index in [0.29, 0.717) is 19.3 Å². The van der Waals surface area contributed by atoms with Crippen LogP contribution in [0, 0.1) is 0 Å². The van der Waals surface area contributed by atoms with Gasteiger partial charge < -0.3 is 20.3 Å². The number of amides is 1. The minimum atomic E-state index is -0.809. The molecular weight excluding hydrogens is 743 g/mol. The third kappa shape index (κ3) is 41.8. The van der Waals surface area contributed by atoms with Gasteiger partial charge in [-0.2, -0.15) is 0 Å². The predicted molar refractivity (Wildman–Crippen MR) is 259 cm³/mol. The van der Waals surface area contributed by atoms with Gasteiger partial charge in [-0.15, -0.1) is 0 Å². The van der Waals surface area contributed by atoms with E-state index in [1.54, 1.807) is 0 Å². The molecule has 344 valence electrons. The summed E-state index contributed by atoms with van der Waals surface area (Å²) in [6, 6.07) is -0.727. The van der Waals surface area contributed by atoms with Gasteiger partial charge in [0.15, 0.2) is 0 Å². The van der Waals surface area contributed by atoms with E-state index >= 15 is 0 Å². The van der Waals surface area contributed by atoms with Gasteiger partial charge in [-0.05, 0) is 83.5 Å². The summed E-state index contributed by atoms with van der Waals surface area (Å²) >= 11 is 0. The van der Waals surface area contributed by atoms with Crippen molar-refractivity contribution in [2.75, 3.05) is 6.61 Å². The van der Waals surface area contributed by atoms with Crippen molar-refractivity contribution in [3.05, 3.63) is 85.1 Å². The van der Waals surface area contributed by atoms with E-state index in [9.17, 15) is 19.8 Å². The van der Waals surface area contributed by atoms with Crippen LogP contribution < -0.4 is 5.32 Å². The Kier molecular flexibility index (Phi) is 44.8. The molecule has 0 rings (SSSR count). The molecule has 0 saturated heterocycles. The number of nitrogens with one attached hydrogen (secondary N) is 1. The van der Waals surface area contributed by atoms with Crippen LogP contribution in [0.25, 0.3) is 0 Å². The second-order valence-corrected chi connectivity index (χ2v) is 16.5. The first-order chi connectivity index (χ1) is 29.5. The Labute approximate surface area is 370 Å². The summed E-state index contributed by atoms with van der Waals surface area (Å²) in [5, 5.41) is 23.6. The fraction of sp³-hybridized carbons (Fsp3) is 0.704. The van der Waals surface area contributed by atoms with Gasteiger partial charge in [-0.3, -0.25) is 9.59 Å². The van der Waals surface area contributed by atoms with Crippen molar-refractivity contribution in [3.63, 3.8) is 0 Å². The van der Waals surface area contributed by atoms with Crippen molar-refractivity contribution in [2.24, 2.45) is 0 Å². The lowest BCUT2D eigenvalue weighted by atomic mass is 10.0. The average Bonchev–Trinajstić information content (AvgIpc) is 3.24. The molecule has 0 heterocycles. The Morgan fingerprint density at radius 1 is 0.500 bits per heavy atom. The van der Waals surface area contributed by atoms with Crippen LogP contribution in [0.4, 0.5) is 0 Å². The summed E-state index contributed by atoms with van der Waals surface area (Å²) in [6.07, 6.45) is 60.8. The SMILES string of the molecule is CC/C=C\C/C=C\C/C=C\C/C=C\C/C=C\C/C=C\CCC(=O)OC(CCC/C=C\CCCCCCCC)CC(=O)NC(CO)C(O)CCCCCCCCCCCCC. The summed E-state index contributed by atoms with van der Waals surface area (Å²) in [5.41, 5.74) is 0. The number of aliphatic hydroxyl groups excluding tert-OH is 2. The largest absolute Gasteiger partial charge is 0.462 e. The standard InChI is InChI=1S/C54H93NO5/c1-4-7-10-13-16-19-22-23-24-25-26-27-28-29-32-35-38-41-44-47-54(59)60-50(45-42-39-36-33-30-20-17-14-11-8-5-2)48-53(58)55-51(49-56)52(57)46-43-40-37-34-31-21-18-15-12-9-6-3/h7,10,16,19,23-24,26-27,29,32-33,36,38,41,50-52,56-57H,4-6,8-9,11-15,17-18,20-22,25,28,30-31,34-35,37,39-40,42-49H2,1-3H3,(H,55,58)/b10-7-,19-16-,24-23-,27-26-,32-29-,36-33-,41-38-. The van der Waals surface area contributed by atoms with Crippen molar-refractivity contribution >= 4 is 11.9 Å². The predicted octanol–water partition coefficient (Wildman–Crippen LogP) is 14.8. The Hall–Kier alpha value is -2.96. The first-order valence-electron chi connectivity index (χ1n) is 24.8. The van der Waals surface area contributed by atoms with Gasteiger partial charge >= 0.3 is 5.97 Å². The number of ether oxygens (including phenoxy) is 1. The van der Waals surface area contributed by atoms with Crippen LogP contribution in [0.3, 0.4) is 0 Å². The smallest absolute Gasteiger partial charge is 0.306 e. The maximum absolute atomic E-state index is 13.1. The number of hydrogen-bond acceptors (Lipinski definition) is 5. The molecule has 0 aromatic rings. The number of aliphatic hydroxyl groups is 2. The zero-order chi connectivity index (χ0) is 43.8. The molecule has 6 heteroatoms. The summed E-state index contributed by atoms with van der Waals surface area (Å²) in [4.78, 5) is 26.0. The number of rotatable bonds is 43. The van der Waals surface area contributed by atoms with E-state index in [1.165, 1.54) is 89.9 Å². The van der Waals surface area contributed by atoms with Gasteiger partial charge in [0.25, 0.3) is 0 Å². The highest BCUT2D eigenvalue weighted by atomic mass is 16.5. The molecule has 0 aromatic carbocycles. The Morgan fingerprint density at radius 2 is 0.917 bits per heavy atom. The molecular formula is C54H93NO5. The highest BCUT2D eigenvalue weighted by Gasteiger charge is 2.23. The van der Waals surface area contributed by atoms with Crippen LogP contribution >= 0.6 is 0 Å². The summed E-state index contributed by atoms with van der Waals surface area (Å²) in [7, 11) is 0. The lowest BCUT2D eigenvalue weighted by Crippen LogP contribution is -2.46. The van der Waals surface area contributed by atoms with Gasteiger partial charge in [0, 0.05) is 6.42 Å². The second-order valence-electron chi connectivity index (χ2n) is 16.5. The van der Waals surface area contributed by atoms with Crippen molar-refractivity contribution in [1.29, 1.82) is 0 Å². The lowest BCUT2D eigenvalue weighted by Gasteiger charge is -2.24. The van der Waals surface area contributed by atoms with E-state index in [2.05, 4.69) is 105 Å². The van der Waals surface area contributed by atoms with Crippen LogP contribution in [-0.2, 0) is 14.3 Å². The molecule has 0 aliphatic heterocycles. The molecule has 0 bridgehead atoms. The molecule has 0 aliphatic rings. The number of hydrogen-bond donors (Lipinski definition) is 3. The maximum atomic E-state index is 13.1. The molecule has 1 amide bonds. The average molecular weight is 836 g/mol. The van der Waals surface area contributed by atoms with Crippen molar-refractivity contribution in [1.82, 2.24) is 5.32 Å². The number of esters is 1. The van der Waals surface area contributed by atoms with Crippen molar-refractivity contribution in [2.45, 2.75) is 238 Å². The molecule has 60 heavy (non-hydrogen) atoms. The third-order valence-electron chi connectivity index (χ3n) is 10.7. The van der Waals surface area contributed by atoms with E-state index < -0.39 is 18.2 Å². The van der Waals surface area contributed by atoms with Crippen LogP contribution in [0.5, 0.6) is 0 Å². The molecule has 0 fully saturated rings. The molecule has 0 aliphatic carbocycles. The van der Waals surface area contributed by atoms with E-state index in [0.717, 1.165) is 77.0 Å². The van der Waals surface area contributed by atoms with Gasteiger partial charge in [-0.25, -0.2) is 0 Å². The van der Waals surface area contributed by atoms with Crippen molar-refractivity contribution < 1.29 is 24.5 Å². The van der Waals surface area contributed by atoms with Gasteiger partial charge in [-0.1, -0.05) is 209 Å². The minimum Gasteiger partial charge on any atom is -0.462 e. The van der Waals surface area contributed by atoms with E-state index in [4.69, 9.17) is 4.74 Å². The summed E-state index contributed by atoms with van der Waals surface area (Å²) < 4.78 is 5.85. The first-order valence-corrected chi connectivity index (χ1v) is 24.8. The molecule has 6 nitrogen and oxygen atoms in total. The Balaban J connectivity index is 4.70. The highest BCUT2D eigenvalue weighted by Crippen LogP contribution is 2.16. The van der Waals surface area contributed by atoms with Crippen LogP contribution in [0.2, 0.25) is 0 Å². The topological polar surface area (TPSA) is 95.9 Å². The summed E-state index contributed by atoms with van der Waals surface area (Å²) in [6.45, 7) is 6.31. The fourth-order valence-corrected chi connectivity index (χ4v) is 6.98. The number of carbonyl (C=O) groups is 2. The molecule has 0 spiro atoms. The molecule has 0 radical (unpaired) electrons. The summed E-state index contributed by atoms with van der Waals surface area (Å²) in [5.74, 6) is -0.610. The highest BCUT2D eigenvalue weighted by molar-refractivity contribution is 5.77. The monoisotopic (exact) mass is 836 g/mol. The Morgan fingerprint density at radius 3 is 1.40 bits per heavy atom. The lowest BCUT2D eigenvalue weighted by molar-refractivity contribution is -0.150. The third-order valence-corrected chi connectivity index (χ3v) is 10.7. The normalized spacial score (nSPS) is 14.0. The van der Waals surface area contributed by atoms with Crippen LogP contribution in [-0.4, -0.2) is 46.9 Å². The zero-order valence-corrected chi connectivity index (χ0v) is 39.1. The van der Waals surface area contributed by atoms with Gasteiger partial charge in [0.05, 0.1) is 25.2 Å². The Bertz CT molecular complexity index is 1160. The molecule has 3 atom stereocenters. The van der Waals surface area contributed by atoms with Crippen molar-refractivity contribution in [3.8, 4) is 0 Å². The van der Waals surface area contributed by atoms with Gasteiger partial charge in [0.1, 0.15) is 6.10 Å². The van der Waals surface area contributed by atoms with Gasteiger partial charge in [0.2, 0.25) is 5.91 Å². The second kappa shape index (κ2) is 47.1. The number of carbonyl (C=O) groups excluding carboxylic acids is 2. The molecule has 3 unspecified atom stereocenters. The fourth-order valence-electron chi connectivity index (χ4n) is 6.98. The molecule has 3 N–H and O–H groups in total. The van der Waals surface area contributed by atoms with E-state index in [1.807, 2.05) is 6.08 Å². The van der Waals surface area contributed by atoms with E-state index in [-0.39, 0.29) is 31.3 Å². The zero-order valence-electron chi connectivity index (χ0n) is 39.1. The quantitative estimate of drug-likeness (QED) is 0.0323.